The van der Waals surface area contributed by atoms with Crippen LogP contribution in [0.4, 0.5) is 14.5 Å². The van der Waals surface area contributed by atoms with Crippen molar-refractivity contribution in [2.24, 2.45) is 0 Å². The van der Waals surface area contributed by atoms with Crippen LogP contribution < -0.4 is 5.32 Å². The van der Waals surface area contributed by atoms with Crippen molar-refractivity contribution in [1.29, 1.82) is 0 Å². The van der Waals surface area contributed by atoms with E-state index in [0.29, 0.717) is 16.1 Å². The number of halogens is 5. The molecule has 2 nitrogen and oxygen atoms in total. The number of nitrogens with one attached hydrogen (secondary N) is 1. The zero-order valence-corrected chi connectivity index (χ0v) is 15.0. The molecule has 0 saturated heterocycles. The maximum atomic E-state index is 13.6. The van der Waals surface area contributed by atoms with Crippen LogP contribution in [0, 0.1) is 15.2 Å². The Balaban J connectivity index is 2.32. The second-order valence-corrected chi connectivity index (χ2v) is 6.78. The van der Waals surface area contributed by atoms with Gasteiger partial charge in [0.05, 0.1) is 15.7 Å². The molecule has 104 valence electrons. The van der Waals surface area contributed by atoms with Crippen molar-refractivity contribution >= 4 is 66.0 Å². The highest BCUT2D eigenvalue weighted by Crippen LogP contribution is 2.25. The van der Waals surface area contributed by atoms with Gasteiger partial charge in [0.2, 0.25) is 0 Å². The van der Waals surface area contributed by atoms with Crippen LogP contribution in [0.2, 0.25) is 0 Å². The largest absolute Gasteiger partial charge is 0.319 e. The second-order valence-electron chi connectivity index (χ2n) is 3.82. The minimum atomic E-state index is -0.833. The predicted octanol–water partition coefficient (Wildman–Crippen LogP) is 5.35. The molecule has 0 aliphatic carbocycles. The Hall–Kier alpha value is -0.540. The van der Waals surface area contributed by atoms with Gasteiger partial charge in [0.15, 0.2) is 0 Å². The molecular weight excluding hydrogens is 511 g/mol. The molecule has 0 fully saturated rings. The first kappa shape index (κ1) is 15.8. The van der Waals surface area contributed by atoms with Crippen molar-refractivity contribution in [2.75, 3.05) is 5.32 Å². The summed E-state index contributed by atoms with van der Waals surface area (Å²) in [4.78, 5) is 12.1. The van der Waals surface area contributed by atoms with E-state index in [1.807, 2.05) is 6.07 Å². The summed E-state index contributed by atoms with van der Waals surface area (Å²) in [5, 5.41) is 2.42. The van der Waals surface area contributed by atoms with Gasteiger partial charge in [-0.05, 0) is 78.7 Å². The van der Waals surface area contributed by atoms with E-state index in [9.17, 15) is 13.6 Å². The molecule has 2 aromatic carbocycles. The van der Waals surface area contributed by atoms with Crippen LogP contribution in [0.5, 0.6) is 0 Å². The first-order valence-electron chi connectivity index (χ1n) is 5.29. The third kappa shape index (κ3) is 3.56. The number of benzene rings is 2. The SMILES string of the molecule is O=C(Nc1cc(Br)c(F)cc1F)c1cc(I)ccc1Br. The van der Waals surface area contributed by atoms with E-state index in [-0.39, 0.29) is 10.2 Å². The highest BCUT2D eigenvalue weighted by molar-refractivity contribution is 14.1. The van der Waals surface area contributed by atoms with E-state index in [1.165, 1.54) is 6.07 Å². The zero-order chi connectivity index (χ0) is 14.9. The van der Waals surface area contributed by atoms with Crippen molar-refractivity contribution in [1.82, 2.24) is 0 Å². The summed E-state index contributed by atoms with van der Waals surface area (Å²) in [7, 11) is 0. The Bertz CT molecular complexity index is 694. The molecule has 0 radical (unpaired) electrons. The highest BCUT2D eigenvalue weighted by atomic mass is 127. The number of rotatable bonds is 2. The number of carbonyl (C=O) groups is 1. The van der Waals surface area contributed by atoms with Crippen LogP contribution in [0.25, 0.3) is 0 Å². The Kier molecular flexibility index (Phi) is 5.14. The summed E-state index contributed by atoms with van der Waals surface area (Å²) in [5.41, 5.74) is 0.283. The molecule has 0 bridgehead atoms. The number of hydrogen-bond donors (Lipinski definition) is 1. The van der Waals surface area contributed by atoms with Gasteiger partial charge < -0.3 is 5.32 Å². The topological polar surface area (TPSA) is 29.1 Å². The normalized spacial score (nSPS) is 10.4. The molecule has 0 spiro atoms. The first-order chi connectivity index (χ1) is 9.38. The smallest absolute Gasteiger partial charge is 0.256 e. The van der Waals surface area contributed by atoms with Crippen molar-refractivity contribution < 1.29 is 13.6 Å². The molecule has 1 N–H and O–H groups in total. The standard InChI is InChI=1S/C13H6Br2F2INO/c14-8-2-1-6(18)3-7(8)13(20)19-12-4-9(15)10(16)5-11(12)17/h1-5H,(H,19,20). The van der Waals surface area contributed by atoms with Crippen LogP contribution in [-0.4, -0.2) is 5.91 Å². The van der Waals surface area contributed by atoms with Crippen molar-refractivity contribution in [3.8, 4) is 0 Å². The lowest BCUT2D eigenvalue weighted by Crippen LogP contribution is -2.14. The molecule has 2 aromatic rings. The quantitative estimate of drug-likeness (QED) is 0.423. The molecular formula is C13H6Br2F2INO. The lowest BCUT2D eigenvalue weighted by atomic mass is 10.2. The van der Waals surface area contributed by atoms with Gasteiger partial charge in [-0.15, -0.1) is 0 Å². The summed E-state index contributed by atoms with van der Waals surface area (Å²) >= 11 is 8.28. The summed E-state index contributed by atoms with van der Waals surface area (Å²) in [6.45, 7) is 0. The van der Waals surface area contributed by atoms with Crippen molar-refractivity contribution in [3.63, 3.8) is 0 Å². The Labute approximate surface area is 144 Å². The Morgan fingerprint density at radius 2 is 1.75 bits per heavy atom. The lowest BCUT2D eigenvalue weighted by Gasteiger charge is -2.09. The minimum Gasteiger partial charge on any atom is -0.319 e. The fraction of sp³-hybridized carbons (Fsp3) is 0. The highest BCUT2D eigenvalue weighted by Gasteiger charge is 2.14. The van der Waals surface area contributed by atoms with E-state index >= 15 is 0 Å². The number of amides is 1. The minimum absolute atomic E-state index is 0.0795. The maximum absolute atomic E-state index is 13.6. The van der Waals surface area contributed by atoms with Gasteiger partial charge in [-0.2, -0.15) is 0 Å². The zero-order valence-electron chi connectivity index (χ0n) is 9.68. The fourth-order valence-corrected chi connectivity index (χ4v) is 2.74. The average molecular weight is 517 g/mol. The van der Waals surface area contributed by atoms with Gasteiger partial charge in [0.25, 0.3) is 5.91 Å². The second kappa shape index (κ2) is 6.48. The fourth-order valence-electron chi connectivity index (χ4n) is 1.48. The summed E-state index contributed by atoms with van der Waals surface area (Å²) < 4.78 is 28.3. The van der Waals surface area contributed by atoms with E-state index in [1.54, 1.807) is 12.1 Å². The van der Waals surface area contributed by atoms with Crippen LogP contribution in [0.3, 0.4) is 0 Å². The molecule has 0 unspecified atom stereocenters. The van der Waals surface area contributed by atoms with Gasteiger partial charge in [-0.3, -0.25) is 4.79 Å². The van der Waals surface area contributed by atoms with Gasteiger partial charge in [0, 0.05) is 14.1 Å². The van der Waals surface area contributed by atoms with Crippen LogP contribution >= 0.6 is 54.5 Å². The van der Waals surface area contributed by atoms with E-state index in [0.717, 1.165) is 3.57 Å². The Morgan fingerprint density at radius 3 is 2.45 bits per heavy atom. The monoisotopic (exact) mass is 515 g/mol. The van der Waals surface area contributed by atoms with E-state index < -0.39 is 17.5 Å². The summed E-state index contributed by atoms with van der Waals surface area (Å²) in [6.07, 6.45) is 0. The molecule has 0 atom stereocenters. The molecule has 0 aliphatic heterocycles. The molecule has 0 aliphatic rings. The third-order valence-corrected chi connectivity index (χ3v) is 4.40. The lowest BCUT2D eigenvalue weighted by molar-refractivity contribution is 0.102. The molecule has 2 rings (SSSR count). The maximum Gasteiger partial charge on any atom is 0.256 e. The van der Waals surface area contributed by atoms with Crippen molar-refractivity contribution in [3.05, 3.63) is 60.0 Å². The van der Waals surface area contributed by atoms with Gasteiger partial charge in [0.1, 0.15) is 11.6 Å². The number of carbonyl (C=O) groups excluding carboxylic acids is 1. The number of hydrogen-bond acceptors (Lipinski definition) is 1. The molecule has 1 amide bonds. The van der Waals surface area contributed by atoms with Crippen LogP contribution in [-0.2, 0) is 0 Å². The van der Waals surface area contributed by atoms with E-state index in [4.69, 9.17) is 0 Å². The Morgan fingerprint density at radius 1 is 1.05 bits per heavy atom. The van der Waals surface area contributed by atoms with Crippen molar-refractivity contribution in [2.45, 2.75) is 0 Å². The van der Waals surface area contributed by atoms with Crippen LogP contribution in [0.15, 0.2) is 39.3 Å². The van der Waals surface area contributed by atoms with Gasteiger partial charge in [-0.25, -0.2) is 8.78 Å². The third-order valence-electron chi connectivity index (χ3n) is 2.43. The average Bonchev–Trinajstić information content (AvgIpc) is 2.38. The molecule has 0 saturated carbocycles. The predicted molar refractivity (Wildman–Crippen MR) is 88.9 cm³/mol. The number of anilines is 1. The van der Waals surface area contributed by atoms with E-state index in [2.05, 4.69) is 59.8 Å². The first-order valence-corrected chi connectivity index (χ1v) is 7.96. The molecule has 0 heterocycles. The summed E-state index contributed by atoms with van der Waals surface area (Å²) in [6, 6.07) is 7.12. The summed E-state index contributed by atoms with van der Waals surface area (Å²) in [5.74, 6) is -2.04. The van der Waals surface area contributed by atoms with Crippen LogP contribution in [0.1, 0.15) is 10.4 Å². The molecule has 0 aromatic heterocycles. The molecule has 7 heteroatoms. The van der Waals surface area contributed by atoms with Gasteiger partial charge >= 0.3 is 0 Å². The molecule has 20 heavy (non-hydrogen) atoms. The van der Waals surface area contributed by atoms with Gasteiger partial charge in [-0.1, -0.05) is 0 Å².